The Bertz CT molecular complexity index is 483. The predicted octanol–water partition coefficient (Wildman–Crippen LogP) is 0.659. The summed E-state index contributed by atoms with van der Waals surface area (Å²) < 4.78 is 0. The Balaban J connectivity index is -0.00000512. The number of carbonyl (C=O) groups excluding carboxylic acids is 2. The second-order valence-corrected chi connectivity index (χ2v) is 9.79. The van der Waals surface area contributed by atoms with Crippen LogP contribution < -0.4 is 113 Å². The molecule has 4 nitrogen and oxygen atoms in total. The van der Waals surface area contributed by atoms with Crippen molar-refractivity contribution < 1.29 is 123 Å². The molecule has 0 saturated carbocycles. The van der Waals surface area contributed by atoms with E-state index in [1.54, 1.807) is 6.08 Å². The first-order valence-electron chi connectivity index (χ1n) is 14.1. The number of allylic oxidation sites excluding steroid dienone is 1. The number of hydrogen-bond acceptors (Lipinski definition) is 4. The molecule has 0 N–H and O–H groups in total. The zero-order valence-electron chi connectivity index (χ0n) is 23.6. The van der Waals surface area contributed by atoms with Crippen LogP contribution in [0.4, 0.5) is 0 Å². The third-order valence-corrected chi connectivity index (χ3v) is 6.53. The Kier molecular flexibility index (Phi) is 40.2. The molecule has 6 heteroatoms. The van der Waals surface area contributed by atoms with Crippen LogP contribution in [-0.2, 0) is 9.59 Å². The smallest absolute Gasteiger partial charge is 0.550 e. The number of hydrogen-bond donors (Lipinski definition) is 0. The number of carboxylic acids is 2. The van der Waals surface area contributed by atoms with Crippen LogP contribution in [0.2, 0.25) is 0 Å². The minimum atomic E-state index is -1.36. The van der Waals surface area contributed by atoms with Crippen molar-refractivity contribution >= 4 is 11.9 Å². The van der Waals surface area contributed by atoms with Gasteiger partial charge in [-0.2, -0.15) is 0 Å². The average Bonchev–Trinajstić information content (AvgIpc) is 2.78. The van der Waals surface area contributed by atoms with E-state index in [2.05, 4.69) is 6.92 Å². The van der Waals surface area contributed by atoms with E-state index in [0.717, 1.165) is 19.3 Å². The van der Waals surface area contributed by atoms with Gasteiger partial charge in [-0.3, -0.25) is 0 Å². The molecule has 0 bridgehead atoms. The van der Waals surface area contributed by atoms with Crippen molar-refractivity contribution in [3.63, 3.8) is 0 Å². The van der Waals surface area contributed by atoms with Gasteiger partial charge in [0, 0.05) is 17.9 Å². The Morgan fingerprint density at radius 3 is 1.17 bits per heavy atom. The fraction of sp³-hybridized carbons (Fsp3) is 0.862. The maximum absolute atomic E-state index is 10.8. The topological polar surface area (TPSA) is 80.3 Å². The summed E-state index contributed by atoms with van der Waals surface area (Å²) in [6.07, 6.45) is 32.0. The molecule has 0 aliphatic heterocycles. The number of unbranched alkanes of at least 4 members (excludes halogenated alkanes) is 21. The quantitative estimate of drug-likeness (QED) is 0.0914. The van der Waals surface area contributed by atoms with Crippen LogP contribution in [0.3, 0.4) is 0 Å². The van der Waals surface area contributed by atoms with Crippen molar-refractivity contribution in [3.8, 4) is 0 Å². The van der Waals surface area contributed by atoms with Crippen molar-refractivity contribution in [2.24, 2.45) is 5.92 Å². The van der Waals surface area contributed by atoms with Crippen molar-refractivity contribution in [3.05, 3.63) is 12.2 Å². The standard InChI is InChI=1S/C29H54O4.2K/c1-2-3-4-5-6-7-8-9-10-11-12-13-14-15-16-17-18-19-20-21-22-23-24-25-27(29(32)33)26-28(30)31;;/h24-25,27H,2-23,26H2,1H3,(H,30,31)(H,32,33);;/q;2*+1/p-2/b25-24+;;. The molecule has 0 fully saturated rings. The first kappa shape index (κ1) is 41.4. The van der Waals surface area contributed by atoms with Crippen LogP contribution in [0.1, 0.15) is 155 Å². The first-order chi connectivity index (χ1) is 16.1. The van der Waals surface area contributed by atoms with Gasteiger partial charge in [0.15, 0.2) is 0 Å². The Hall–Kier alpha value is 1.95. The van der Waals surface area contributed by atoms with E-state index in [1.165, 1.54) is 128 Å². The van der Waals surface area contributed by atoms with E-state index in [9.17, 15) is 19.8 Å². The summed E-state index contributed by atoms with van der Waals surface area (Å²) in [6.45, 7) is 2.28. The molecule has 1 unspecified atom stereocenters. The summed E-state index contributed by atoms with van der Waals surface area (Å²) in [5.74, 6) is -3.79. The second kappa shape index (κ2) is 34.0. The zero-order valence-corrected chi connectivity index (χ0v) is 29.9. The van der Waals surface area contributed by atoms with Crippen molar-refractivity contribution in [2.75, 3.05) is 0 Å². The third-order valence-electron chi connectivity index (χ3n) is 6.53. The molecular formula is C29H52K2O4. The van der Waals surface area contributed by atoms with Gasteiger partial charge in [-0.25, -0.2) is 0 Å². The van der Waals surface area contributed by atoms with Gasteiger partial charge in [-0.15, -0.1) is 0 Å². The van der Waals surface area contributed by atoms with Crippen molar-refractivity contribution in [1.82, 2.24) is 0 Å². The molecule has 0 rings (SSSR count). The van der Waals surface area contributed by atoms with Crippen molar-refractivity contribution in [2.45, 2.75) is 155 Å². The van der Waals surface area contributed by atoms with Crippen LogP contribution in [0.25, 0.3) is 0 Å². The summed E-state index contributed by atoms with van der Waals surface area (Å²) in [6, 6.07) is 0. The SMILES string of the molecule is CCCCCCCCCCCCCCCCCCCCCCC/C=C/C(CC(=O)[O-])C(=O)[O-].[K+].[K+]. The first-order valence-corrected chi connectivity index (χ1v) is 14.1. The van der Waals surface area contributed by atoms with Gasteiger partial charge >= 0.3 is 103 Å². The number of aliphatic carboxylic acids is 2. The van der Waals surface area contributed by atoms with Gasteiger partial charge in [0.1, 0.15) is 0 Å². The van der Waals surface area contributed by atoms with Crippen LogP contribution in [0, 0.1) is 5.92 Å². The number of rotatable bonds is 26. The van der Waals surface area contributed by atoms with E-state index in [4.69, 9.17) is 0 Å². The summed E-state index contributed by atoms with van der Waals surface area (Å²) in [4.78, 5) is 21.3. The largest absolute Gasteiger partial charge is 1.00 e. The van der Waals surface area contributed by atoms with Crippen LogP contribution in [-0.4, -0.2) is 11.9 Å². The van der Waals surface area contributed by atoms with Gasteiger partial charge < -0.3 is 19.8 Å². The van der Waals surface area contributed by atoms with E-state index in [0.29, 0.717) is 0 Å². The summed E-state index contributed by atoms with van der Waals surface area (Å²) in [5.41, 5.74) is 0. The van der Waals surface area contributed by atoms with Crippen LogP contribution in [0.15, 0.2) is 12.2 Å². The van der Waals surface area contributed by atoms with Gasteiger partial charge in [0.05, 0.1) is 0 Å². The molecule has 0 aliphatic rings. The maximum Gasteiger partial charge on any atom is 1.00 e. The predicted molar refractivity (Wildman–Crippen MR) is 135 cm³/mol. The van der Waals surface area contributed by atoms with Crippen LogP contribution in [0.5, 0.6) is 0 Å². The fourth-order valence-electron chi connectivity index (χ4n) is 4.36. The molecule has 0 aromatic rings. The molecule has 0 amide bonds. The second-order valence-electron chi connectivity index (χ2n) is 9.79. The molecule has 0 aromatic heterocycles. The zero-order chi connectivity index (χ0) is 24.4. The normalized spacial score (nSPS) is 11.7. The molecule has 1 atom stereocenters. The van der Waals surface area contributed by atoms with E-state index in [1.807, 2.05) is 0 Å². The average molecular weight is 543 g/mol. The van der Waals surface area contributed by atoms with Crippen LogP contribution >= 0.6 is 0 Å². The Morgan fingerprint density at radius 1 is 0.571 bits per heavy atom. The van der Waals surface area contributed by atoms with Gasteiger partial charge in [0.25, 0.3) is 0 Å². The molecule has 0 heterocycles. The molecule has 0 saturated heterocycles. The maximum atomic E-state index is 10.8. The molecule has 0 radical (unpaired) electrons. The summed E-state index contributed by atoms with van der Waals surface area (Å²) >= 11 is 0. The summed E-state index contributed by atoms with van der Waals surface area (Å²) in [5, 5.41) is 21.3. The van der Waals surface area contributed by atoms with E-state index >= 15 is 0 Å². The van der Waals surface area contributed by atoms with Gasteiger partial charge in [0.2, 0.25) is 0 Å². The Morgan fingerprint density at radius 2 is 0.886 bits per heavy atom. The van der Waals surface area contributed by atoms with Crippen molar-refractivity contribution in [1.29, 1.82) is 0 Å². The Labute approximate surface area is 302 Å². The van der Waals surface area contributed by atoms with Gasteiger partial charge in [-0.05, 0) is 19.3 Å². The molecule has 194 valence electrons. The number of carboxylic acid groups (broad SMARTS) is 2. The molecule has 0 spiro atoms. The van der Waals surface area contributed by atoms with Gasteiger partial charge in [-0.1, -0.05) is 147 Å². The minimum absolute atomic E-state index is 0. The van der Waals surface area contributed by atoms with E-state index in [-0.39, 0.29) is 103 Å². The molecule has 35 heavy (non-hydrogen) atoms. The summed E-state index contributed by atoms with van der Waals surface area (Å²) in [7, 11) is 0. The number of carbonyl (C=O) groups is 2. The fourth-order valence-corrected chi connectivity index (χ4v) is 4.36. The van der Waals surface area contributed by atoms with E-state index < -0.39 is 24.3 Å². The monoisotopic (exact) mass is 542 g/mol. The minimum Gasteiger partial charge on any atom is -0.550 e. The molecule has 0 aromatic carbocycles. The third kappa shape index (κ3) is 33.9. The molecule has 0 aliphatic carbocycles. The molecular weight excluding hydrogens is 491 g/mol.